The van der Waals surface area contributed by atoms with Crippen LogP contribution in [0.3, 0.4) is 0 Å². The molecule has 2 aliphatic rings. The molecule has 102 valence electrons. The van der Waals surface area contributed by atoms with Crippen LogP contribution in [0.5, 0.6) is 0 Å². The van der Waals surface area contributed by atoms with Crippen molar-refractivity contribution in [1.29, 1.82) is 0 Å². The van der Waals surface area contributed by atoms with Gasteiger partial charge in [0.05, 0.1) is 13.1 Å². The Morgan fingerprint density at radius 1 is 1.39 bits per heavy atom. The first-order valence-electron chi connectivity index (χ1n) is 6.14. The summed E-state index contributed by atoms with van der Waals surface area (Å²) in [4.78, 5) is 24.3. The molecule has 6 heteroatoms. The second-order valence-corrected chi connectivity index (χ2v) is 5.48. The van der Waals surface area contributed by atoms with E-state index in [2.05, 4.69) is 0 Å². The number of aliphatic carboxylic acids is 1. The molecule has 0 spiro atoms. The van der Waals surface area contributed by atoms with Gasteiger partial charge in [-0.2, -0.15) is 0 Å². The van der Waals surface area contributed by atoms with E-state index in [0.717, 1.165) is 12.8 Å². The van der Waals surface area contributed by atoms with Crippen LogP contribution in [-0.2, 0) is 19.1 Å². The minimum Gasteiger partial charge on any atom is -0.480 e. The Bertz CT molecular complexity index is 355. The molecule has 2 heterocycles. The van der Waals surface area contributed by atoms with Gasteiger partial charge in [-0.05, 0) is 26.7 Å². The number of amides is 1. The van der Waals surface area contributed by atoms with E-state index < -0.39 is 17.2 Å². The lowest BCUT2D eigenvalue weighted by Crippen LogP contribution is -2.66. The summed E-state index contributed by atoms with van der Waals surface area (Å²) >= 11 is 0. The van der Waals surface area contributed by atoms with Crippen molar-refractivity contribution in [3.8, 4) is 0 Å². The van der Waals surface area contributed by atoms with Crippen molar-refractivity contribution in [3.05, 3.63) is 0 Å². The molecule has 1 amide bonds. The Morgan fingerprint density at radius 3 is 2.56 bits per heavy atom. The highest BCUT2D eigenvalue weighted by Crippen LogP contribution is 2.32. The molecule has 0 aromatic rings. The van der Waals surface area contributed by atoms with Crippen molar-refractivity contribution in [2.45, 2.75) is 37.9 Å². The Labute approximate surface area is 106 Å². The molecule has 1 N–H and O–H groups in total. The van der Waals surface area contributed by atoms with Gasteiger partial charge in [0.25, 0.3) is 5.91 Å². The fourth-order valence-corrected chi connectivity index (χ4v) is 2.51. The van der Waals surface area contributed by atoms with Crippen molar-refractivity contribution >= 4 is 11.9 Å². The Morgan fingerprint density at radius 2 is 2.06 bits per heavy atom. The molecule has 0 aliphatic carbocycles. The Hall–Kier alpha value is -1.14. The summed E-state index contributed by atoms with van der Waals surface area (Å²) in [6.45, 7) is 4.79. The molecule has 1 atom stereocenters. The van der Waals surface area contributed by atoms with Gasteiger partial charge in [0, 0.05) is 6.61 Å². The van der Waals surface area contributed by atoms with Crippen LogP contribution < -0.4 is 0 Å². The number of likely N-dealkylation sites (tertiary alicyclic amines) is 1. The lowest BCUT2D eigenvalue weighted by Gasteiger charge is -2.49. The van der Waals surface area contributed by atoms with Crippen molar-refractivity contribution < 1.29 is 24.2 Å². The van der Waals surface area contributed by atoms with Crippen LogP contribution in [0.1, 0.15) is 26.7 Å². The highest BCUT2D eigenvalue weighted by atomic mass is 16.5. The molecule has 1 unspecified atom stereocenters. The molecule has 6 nitrogen and oxygen atoms in total. The normalized spacial score (nSPS) is 30.0. The number of carboxylic acid groups (broad SMARTS) is 1. The molecule has 0 aromatic heterocycles. The van der Waals surface area contributed by atoms with Gasteiger partial charge in [0.2, 0.25) is 0 Å². The summed E-state index contributed by atoms with van der Waals surface area (Å²) in [5.41, 5.74) is -1.24. The average molecular weight is 257 g/mol. The fourth-order valence-electron chi connectivity index (χ4n) is 2.51. The first kappa shape index (κ1) is 13.3. The highest BCUT2D eigenvalue weighted by Gasteiger charge is 2.49. The Kier molecular flexibility index (Phi) is 3.33. The third kappa shape index (κ3) is 2.49. The maximum absolute atomic E-state index is 12.2. The second kappa shape index (κ2) is 4.51. The largest absolute Gasteiger partial charge is 0.480 e. The van der Waals surface area contributed by atoms with Gasteiger partial charge >= 0.3 is 5.97 Å². The number of carbonyl (C=O) groups is 2. The number of hydrogen-bond acceptors (Lipinski definition) is 4. The smallest absolute Gasteiger partial charge is 0.329 e. The maximum atomic E-state index is 12.2. The molecular formula is C12H19NO5. The van der Waals surface area contributed by atoms with Gasteiger partial charge in [-0.15, -0.1) is 0 Å². The van der Waals surface area contributed by atoms with Gasteiger partial charge in [0.15, 0.2) is 0 Å². The first-order valence-corrected chi connectivity index (χ1v) is 6.14. The zero-order chi connectivity index (χ0) is 13.4. The Balaban J connectivity index is 1.84. The molecule has 0 radical (unpaired) electrons. The highest BCUT2D eigenvalue weighted by molar-refractivity contribution is 5.86. The lowest BCUT2D eigenvalue weighted by molar-refractivity contribution is -0.184. The van der Waals surface area contributed by atoms with Crippen LogP contribution in [0.4, 0.5) is 0 Å². The quantitative estimate of drug-likeness (QED) is 0.781. The fraction of sp³-hybridized carbons (Fsp3) is 0.833. The van der Waals surface area contributed by atoms with Crippen molar-refractivity contribution in [1.82, 2.24) is 4.90 Å². The van der Waals surface area contributed by atoms with Crippen LogP contribution in [-0.4, -0.2) is 59.4 Å². The molecule has 2 saturated heterocycles. The minimum atomic E-state index is -0.993. The molecule has 18 heavy (non-hydrogen) atoms. The predicted molar refractivity (Wildman–Crippen MR) is 62.2 cm³/mol. The topological polar surface area (TPSA) is 76.1 Å². The third-order valence-corrected chi connectivity index (χ3v) is 3.55. The van der Waals surface area contributed by atoms with E-state index in [4.69, 9.17) is 14.6 Å². The van der Waals surface area contributed by atoms with E-state index in [1.807, 2.05) is 13.8 Å². The van der Waals surface area contributed by atoms with E-state index in [-0.39, 0.29) is 12.5 Å². The zero-order valence-corrected chi connectivity index (χ0v) is 10.8. The van der Waals surface area contributed by atoms with Crippen LogP contribution in [0.2, 0.25) is 0 Å². The standard InChI is InChI=1S/C12H19NO5/c1-11(18-6-9(14)15)7-13(8-11)10(16)12(2)4-3-5-17-12/h3-8H2,1-2H3,(H,14,15). The summed E-state index contributed by atoms with van der Waals surface area (Å²) in [5.74, 6) is -1.01. The van der Waals surface area contributed by atoms with E-state index >= 15 is 0 Å². The molecular weight excluding hydrogens is 238 g/mol. The monoisotopic (exact) mass is 257 g/mol. The minimum absolute atomic E-state index is 0.0172. The average Bonchev–Trinajstić information content (AvgIpc) is 2.70. The van der Waals surface area contributed by atoms with E-state index in [9.17, 15) is 9.59 Å². The molecule has 2 fully saturated rings. The van der Waals surface area contributed by atoms with Crippen molar-refractivity contribution in [2.75, 3.05) is 26.3 Å². The molecule has 2 aliphatic heterocycles. The SMILES string of the molecule is CC1(OCC(=O)O)CN(C(=O)C2(C)CCCO2)C1. The molecule has 0 aromatic carbocycles. The van der Waals surface area contributed by atoms with Gasteiger partial charge < -0.3 is 19.5 Å². The van der Waals surface area contributed by atoms with Crippen LogP contribution >= 0.6 is 0 Å². The maximum Gasteiger partial charge on any atom is 0.329 e. The summed E-state index contributed by atoms with van der Waals surface area (Å²) in [6, 6.07) is 0. The van der Waals surface area contributed by atoms with E-state index in [1.54, 1.807) is 4.90 Å². The third-order valence-electron chi connectivity index (χ3n) is 3.55. The summed E-state index contributed by atoms with van der Waals surface area (Å²) < 4.78 is 10.8. The zero-order valence-electron chi connectivity index (χ0n) is 10.8. The molecule has 0 bridgehead atoms. The van der Waals surface area contributed by atoms with Gasteiger partial charge in [0.1, 0.15) is 17.8 Å². The number of ether oxygens (including phenoxy) is 2. The lowest BCUT2D eigenvalue weighted by atomic mass is 9.92. The summed E-state index contributed by atoms with van der Waals surface area (Å²) in [6.07, 6.45) is 1.65. The van der Waals surface area contributed by atoms with Crippen LogP contribution in [0.15, 0.2) is 0 Å². The van der Waals surface area contributed by atoms with Crippen LogP contribution in [0.25, 0.3) is 0 Å². The van der Waals surface area contributed by atoms with Crippen molar-refractivity contribution in [3.63, 3.8) is 0 Å². The number of hydrogen-bond donors (Lipinski definition) is 1. The number of carbonyl (C=O) groups excluding carboxylic acids is 1. The van der Waals surface area contributed by atoms with Crippen molar-refractivity contribution in [2.24, 2.45) is 0 Å². The van der Waals surface area contributed by atoms with Crippen LogP contribution in [0, 0.1) is 0 Å². The van der Waals surface area contributed by atoms with E-state index in [1.165, 1.54) is 0 Å². The van der Waals surface area contributed by atoms with E-state index in [0.29, 0.717) is 19.7 Å². The van der Waals surface area contributed by atoms with Gasteiger partial charge in [-0.3, -0.25) is 4.79 Å². The number of carboxylic acids is 1. The first-order chi connectivity index (χ1) is 8.35. The number of rotatable bonds is 4. The van der Waals surface area contributed by atoms with Gasteiger partial charge in [-0.25, -0.2) is 4.79 Å². The molecule has 2 rings (SSSR count). The summed E-state index contributed by atoms with van der Waals surface area (Å²) in [5, 5.41) is 8.56. The molecule has 0 saturated carbocycles. The summed E-state index contributed by atoms with van der Waals surface area (Å²) in [7, 11) is 0. The second-order valence-electron chi connectivity index (χ2n) is 5.48. The predicted octanol–water partition coefficient (Wildman–Crippen LogP) is 0.258. The van der Waals surface area contributed by atoms with Gasteiger partial charge in [-0.1, -0.05) is 0 Å². The number of nitrogens with zero attached hydrogens (tertiary/aromatic N) is 1.